The maximum absolute atomic E-state index is 12.2. The van der Waals surface area contributed by atoms with E-state index >= 15 is 0 Å². The number of fused-ring (bicyclic) bond motifs is 1. The predicted octanol–water partition coefficient (Wildman–Crippen LogP) is 6.42. The van der Waals surface area contributed by atoms with Gasteiger partial charge in [-0.1, -0.05) is 47.5 Å². The van der Waals surface area contributed by atoms with E-state index in [1.165, 1.54) is 13.3 Å². The second-order valence-corrected chi connectivity index (χ2v) is 9.16. The molecule has 0 bridgehead atoms. The molecule has 0 saturated heterocycles. The Morgan fingerprint density at radius 3 is 2.69 bits per heavy atom. The molecule has 0 aliphatic carbocycles. The molecule has 0 fully saturated rings. The van der Waals surface area contributed by atoms with Gasteiger partial charge in [0.05, 0.1) is 13.3 Å². The fourth-order valence-corrected chi connectivity index (χ4v) is 4.15. The number of hydrazone groups is 1. The number of aromatic nitrogens is 1. The van der Waals surface area contributed by atoms with Crippen molar-refractivity contribution in [2.75, 3.05) is 13.7 Å². The number of hydrogen-bond acceptors (Lipinski definition) is 6. The van der Waals surface area contributed by atoms with E-state index in [0.29, 0.717) is 42.8 Å². The summed E-state index contributed by atoms with van der Waals surface area (Å²) in [6, 6.07) is 18.0. The van der Waals surface area contributed by atoms with Gasteiger partial charge in [-0.2, -0.15) is 5.10 Å². The van der Waals surface area contributed by atoms with Gasteiger partial charge in [-0.25, -0.2) is 5.43 Å². The van der Waals surface area contributed by atoms with Gasteiger partial charge in [0.15, 0.2) is 18.1 Å². The molecule has 10 heteroatoms. The first-order chi connectivity index (χ1) is 17.4. The molecule has 0 radical (unpaired) electrons. The summed E-state index contributed by atoms with van der Waals surface area (Å²) in [4.78, 5) is 16.5. The fraction of sp³-hybridized carbons (Fsp3) is 0.115. The van der Waals surface area contributed by atoms with E-state index in [-0.39, 0.29) is 13.2 Å². The maximum Gasteiger partial charge on any atom is 0.277 e. The fourth-order valence-electron chi connectivity index (χ4n) is 3.26. The number of methoxy groups -OCH3 is 1. The first-order valence-corrected chi connectivity index (χ1v) is 12.2. The quantitative estimate of drug-likeness (QED) is 0.180. The maximum atomic E-state index is 12.2. The number of benzene rings is 3. The third kappa shape index (κ3) is 6.46. The van der Waals surface area contributed by atoms with Crippen LogP contribution in [-0.4, -0.2) is 30.8 Å². The first-order valence-electron chi connectivity index (χ1n) is 10.7. The van der Waals surface area contributed by atoms with Gasteiger partial charge < -0.3 is 14.2 Å². The van der Waals surface area contributed by atoms with Crippen molar-refractivity contribution in [3.05, 3.63) is 92.5 Å². The lowest BCUT2D eigenvalue weighted by atomic mass is 10.2. The lowest BCUT2D eigenvalue weighted by molar-refractivity contribution is -0.123. The SMILES string of the molecule is COc1cc(C=NNC(=O)COc2cccc3cccnc23)c(Br)cc1OCc1ccc(Cl)cc1Cl. The van der Waals surface area contributed by atoms with E-state index in [1.54, 1.807) is 42.6 Å². The van der Waals surface area contributed by atoms with Crippen LogP contribution in [0.15, 0.2) is 76.4 Å². The number of nitrogens with one attached hydrogen (secondary N) is 1. The lowest BCUT2D eigenvalue weighted by Gasteiger charge is -2.13. The number of carbonyl (C=O) groups is 1. The summed E-state index contributed by atoms with van der Waals surface area (Å²) in [5, 5.41) is 6.01. The number of halogens is 3. The van der Waals surface area contributed by atoms with E-state index in [1.807, 2.05) is 24.3 Å². The Labute approximate surface area is 226 Å². The van der Waals surface area contributed by atoms with Crippen LogP contribution in [0.4, 0.5) is 0 Å². The van der Waals surface area contributed by atoms with Gasteiger partial charge in [0.25, 0.3) is 5.91 Å². The number of rotatable bonds is 9. The van der Waals surface area contributed by atoms with Gasteiger partial charge in [0, 0.05) is 37.2 Å². The molecular weight excluding hydrogens is 569 g/mol. The molecule has 4 aromatic rings. The number of para-hydroxylation sites is 1. The molecule has 36 heavy (non-hydrogen) atoms. The van der Waals surface area contributed by atoms with E-state index in [4.69, 9.17) is 37.4 Å². The topological polar surface area (TPSA) is 82.0 Å². The van der Waals surface area contributed by atoms with Crippen LogP contribution in [-0.2, 0) is 11.4 Å². The summed E-state index contributed by atoms with van der Waals surface area (Å²) >= 11 is 15.7. The van der Waals surface area contributed by atoms with E-state index in [9.17, 15) is 4.79 Å². The van der Waals surface area contributed by atoms with Gasteiger partial charge in [0.1, 0.15) is 17.9 Å². The molecule has 184 valence electrons. The van der Waals surface area contributed by atoms with Crippen molar-refractivity contribution < 1.29 is 19.0 Å². The number of pyridine rings is 1. The van der Waals surface area contributed by atoms with E-state index in [0.717, 1.165) is 10.9 Å². The second kappa shape index (κ2) is 12.1. The van der Waals surface area contributed by atoms with Crippen LogP contribution in [0.25, 0.3) is 10.9 Å². The molecule has 4 rings (SSSR count). The Morgan fingerprint density at radius 1 is 1.06 bits per heavy atom. The Bertz CT molecular complexity index is 1430. The standard InChI is InChI=1S/C26H20BrCl2N3O4/c1-34-23-10-18(20(27)12-24(23)35-14-17-7-8-19(28)11-21(17)29)13-31-32-25(33)15-36-22-6-2-4-16-5-3-9-30-26(16)22/h2-13H,14-15H2,1H3,(H,32,33). The van der Waals surface area contributed by atoms with Gasteiger partial charge in [-0.3, -0.25) is 9.78 Å². The number of hydrogen-bond donors (Lipinski definition) is 1. The Balaban J connectivity index is 1.36. The highest BCUT2D eigenvalue weighted by molar-refractivity contribution is 9.10. The smallest absolute Gasteiger partial charge is 0.277 e. The number of carbonyl (C=O) groups excluding carboxylic acids is 1. The highest BCUT2D eigenvalue weighted by atomic mass is 79.9. The summed E-state index contributed by atoms with van der Waals surface area (Å²) in [7, 11) is 1.54. The molecule has 1 N–H and O–H groups in total. The molecule has 0 spiro atoms. The van der Waals surface area contributed by atoms with Crippen LogP contribution in [0.3, 0.4) is 0 Å². The Kier molecular flexibility index (Phi) is 8.64. The Morgan fingerprint density at radius 2 is 1.89 bits per heavy atom. The highest BCUT2D eigenvalue weighted by Gasteiger charge is 2.12. The summed E-state index contributed by atoms with van der Waals surface area (Å²) in [6.07, 6.45) is 3.17. The van der Waals surface area contributed by atoms with Gasteiger partial charge in [0.2, 0.25) is 0 Å². The van der Waals surface area contributed by atoms with Crippen molar-refractivity contribution in [2.45, 2.75) is 6.61 Å². The van der Waals surface area contributed by atoms with E-state index in [2.05, 4.69) is 31.4 Å². The van der Waals surface area contributed by atoms with Crippen LogP contribution < -0.4 is 19.6 Å². The molecule has 0 saturated carbocycles. The summed E-state index contributed by atoms with van der Waals surface area (Å²) in [5.74, 6) is 1.11. The summed E-state index contributed by atoms with van der Waals surface area (Å²) < 4.78 is 17.7. The average Bonchev–Trinajstić information content (AvgIpc) is 2.88. The second-order valence-electron chi connectivity index (χ2n) is 7.46. The molecule has 1 amide bonds. The van der Waals surface area contributed by atoms with Crippen molar-refractivity contribution in [1.29, 1.82) is 0 Å². The van der Waals surface area contributed by atoms with Gasteiger partial charge in [-0.05, 0) is 52.3 Å². The third-order valence-electron chi connectivity index (χ3n) is 5.03. The predicted molar refractivity (Wildman–Crippen MR) is 144 cm³/mol. The van der Waals surface area contributed by atoms with Gasteiger partial charge >= 0.3 is 0 Å². The zero-order chi connectivity index (χ0) is 25.5. The molecule has 0 aliphatic heterocycles. The minimum atomic E-state index is -0.415. The lowest BCUT2D eigenvalue weighted by Crippen LogP contribution is -2.24. The van der Waals surface area contributed by atoms with Crippen molar-refractivity contribution in [3.63, 3.8) is 0 Å². The first kappa shape index (κ1) is 25.8. The molecule has 3 aromatic carbocycles. The summed E-state index contributed by atoms with van der Waals surface area (Å²) in [6.45, 7) is 0.0199. The molecule has 0 aliphatic rings. The normalized spacial score (nSPS) is 11.0. The highest BCUT2D eigenvalue weighted by Crippen LogP contribution is 2.34. The van der Waals surface area contributed by atoms with Crippen molar-refractivity contribution in [1.82, 2.24) is 10.4 Å². The minimum Gasteiger partial charge on any atom is -0.493 e. The van der Waals surface area contributed by atoms with Gasteiger partial charge in [-0.15, -0.1) is 0 Å². The van der Waals surface area contributed by atoms with E-state index < -0.39 is 5.91 Å². The molecule has 7 nitrogen and oxygen atoms in total. The third-order valence-corrected chi connectivity index (χ3v) is 6.30. The van der Waals surface area contributed by atoms with Crippen molar-refractivity contribution in [3.8, 4) is 17.2 Å². The molecule has 0 unspecified atom stereocenters. The van der Waals surface area contributed by atoms with Crippen LogP contribution in [0, 0.1) is 0 Å². The number of ether oxygens (including phenoxy) is 3. The number of nitrogens with zero attached hydrogens (tertiary/aromatic N) is 2. The largest absolute Gasteiger partial charge is 0.493 e. The average molecular weight is 589 g/mol. The van der Waals surface area contributed by atoms with Crippen LogP contribution >= 0.6 is 39.1 Å². The minimum absolute atomic E-state index is 0.211. The summed E-state index contributed by atoms with van der Waals surface area (Å²) in [5.41, 5.74) is 4.60. The van der Waals surface area contributed by atoms with Crippen molar-refractivity contribution >= 4 is 62.2 Å². The number of amides is 1. The Hall–Kier alpha value is -3.33. The van der Waals surface area contributed by atoms with Crippen LogP contribution in [0.5, 0.6) is 17.2 Å². The zero-order valence-corrected chi connectivity index (χ0v) is 22.1. The monoisotopic (exact) mass is 587 g/mol. The van der Waals surface area contributed by atoms with Crippen LogP contribution in [0.2, 0.25) is 10.0 Å². The molecule has 0 atom stereocenters. The molecular formula is C26H20BrCl2N3O4. The zero-order valence-electron chi connectivity index (χ0n) is 19.0. The van der Waals surface area contributed by atoms with Crippen molar-refractivity contribution in [2.24, 2.45) is 5.10 Å². The van der Waals surface area contributed by atoms with Crippen LogP contribution in [0.1, 0.15) is 11.1 Å². The molecule has 1 heterocycles. The molecule has 1 aromatic heterocycles.